The fourth-order valence-corrected chi connectivity index (χ4v) is 2.42. The molecule has 3 rings (SSSR count). The first-order valence-electron chi connectivity index (χ1n) is 8.11. The largest absolute Gasteiger partial charge is 0.497 e. The van der Waals surface area contributed by atoms with E-state index in [1.54, 1.807) is 19.2 Å². The van der Waals surface area contributed by atoms with Gasteiger partial charge in [0, 0.05) is 24.2 Å². The summed E-state index contributed by atoms with van der Waals surface area (Å²) in [6.07, 6.45) is 0.0259. The van der Waals surface area contributed by atoms with E-state index in [-0.39, 0.29) is 18.0 Å². The summed E-state index contributed by atoms with van der Waals surface area (Å²) >= 11 is 0. The number of ether oxygens (including phenoxy) is 1. The first-order valence-corrected chi connectivity index (χ1v) is 8.11. The van der Waals surface area contributed by atoms with E-state index in [0.29, 0.717) is 23.8 Å². The molecular weight excluding hydrogens is 350 g/mol. The van der Waals surface area contributed by atoms with Crippen LogP contribution in [0, 0.1) is 10.1 Å². The lowest BCUT2D eigenvalue weighted by Gasteiger charge is -2.05. The summed E-state index contributed by atoms with van der Waals surface area (Å²) in [5, 5.41) is 20.4. The number of rotatable bonds is 7. The zero-order valence-electron chi connectivity index (χ0n) is 14.5. The van der Waals surface area contributed by atoms with E-state index in [1.165, 1.54) is 12.1 Å². The molecule has 138 valence electrons. The van der Waals surface area contributed by atoms with Gasteiger partial charge in [-0.25, -0.2) is 4.98 Å². The van der Waals surface area contributed by atoms with Crippen molar-refractivity contribution in [3.05, 3.63) is 70.0 Å². The number of benzene rings is 2. The Morgan fingerprint density at radius 3 is 2.74 bits per heavy atom. The van der Waals surface area contributed by atoms with Crippen LogP contribution < -0.4 is 10.1 Å². The molecule has 9 heteroatoms. The summed E-state index contributed by atoms with van der Waals surface area (Å²) in [7, 11) is 1.59. The number of nitrogens with zero attached hydrogens (tertiary/aromatic N) is 3. The number of nitro benzene ring substituents is 1. The molecule has 0 unspecified atom stereocenters. The van der Waals surface area contributed by atoms with Crippen molar-refractivity contribution >= 4 is 11.6 Å². The molecule has 2 N–H and O–H groups in total. The molecule has 3 aromatic rings. The Hall–Kier alpha value is -3.75. The van der Waals surface area contributed by atoms with Crippen LogP contribution in [-0.2, 0) is 17.8 Å². The average molecular weight is 367 g/mol. The molecule has 0 aliphatic rings. The molecule has 0 radical (unpaired) electrons. The monoisotopic (exact) mass is 367 g/mol. The second kappa shape index (κ2) is 8.09. The van der Waals surface area contributed by atoms with Crippen molar-refractivity contribution in [1.82, 2.24) is 20.5 Å². The minimum absolute atomic E-state index is 0.0259. The quantitative estimate of drug-likeness (QED) is 0.488. The Morgan fingerprint density at radius 2 is 2.04 bits per heavy atom. The SMILES string of the molecule is COc1ccc(CNC(=O)Cc2nc(-c3cccc([N+](=O)[O-])c3)n[nH]2)cc1. The normalized spacial score (nSPS) is 10.4. The van der Waals surface area contributed by atoms with Crippen molar-refractivity contribution in [3.8, 4) is 17.1 Å². The number of methoxy groups -OCH3 is 1. The second-order valence-corrected chi connectivity index (χ2v) is 5.71. The van der Waals surface area contributed by atoms with Gasteiger partial charge in [-0.05, 0) is 17.7 Å². The van der Waals surface area contributed by atoms with Crippen molar-refractivity contribution in [2.24, 2.45) is 0 Å². The molecular formula is C18H17N5O4. The standard InChI is InChI=1S/C18H17N5O4/c1-27-15-7-5-12(6-8-15)11-19-17(24)10-16-20-18(22-21-16)13-3-2-4-14(9-13)23(25)26/h2-9H,10-11H2,1H3,(H,19,24)(H,20,21,22). The predicted molar refractivity (Wildman–Crippen MR) is 97.0 cm³/mol. The second-order valence-electron chi connectivity index (χ2n) is 5.71. The first-order chi connectivity index (χ1) is 13.0. The number of carbonyl (C=O) groups is 1. The molecule has 0 aliphatic carbocycles. The number of hydrogen-bond donors (Lipinski definition) is 2. The van der Waals surface area contributed by atoms with Crippen molar-refractivity contribution in [3.63, 3.8) is 0 Å². The Bertz CT molecular complexity index is 952. The van der Waals surface area contributed by atoms with Crippen LogP contribution in [0.15, 0.2) is 48.5 Å². The molecule has 0 fully saturated rings. The Balaban J connectivity index is 1.59. The lowest BCUT2D eigenvalue weighted by atomic mass is 10.2. The van der Waals surface area contributed by atoms with Crippen LogP contribution in [0.2, 0.25) is 0 Å². The Labute approximate surface area is 154 Å². The zero-order chi connectivity index (χ0) is 19.2. The van der Waals surface area contributed by atoms with Crippen LogP contribution >= 0.6 is 0 Å². The highest BCUT2D eigenvalue weighted by Crippen LogP contribution is 2.20. The predicted octanol–water partition coefficient (Wildman–Crippen LogP) is 2.25. The summed E-state index contributed by atoms with van der Waals surface area (Å²) in [6.45, 7) is 0.384. The van der Waals surface area contributed by atoms with Gasteiger partial charge in [0.1, 0.15) is 11.6 Å². The van der Waals surface area contributed by atoms with Gasteiger partial charge >= 0.3 is 0 Å². The zero-order valence-corrected chi connectivity index (χ0v) is 14.5. The number of carbonyl (C=O) groups excluding carboxylic acids is 1. The van der Waals surface area contributed by atoms with Crippen LogP contribution in [0.4, 0.5) is 5.69 Å². The Morgan fingerprint density at radius 1 is 1.26 bits per heavy atom. The lowest BCUT2D eigenvalue weighted by Crippen LogP contribution is -2.25. The molecule has 2 aromatic carbocycles. The number of aromatic amines is 1. The first kappa shape index (κ1) is 18.1. The highest BCUT2D eigenvalue weighted by atomic mass is 16.6. The van der Waals surface area contributed by atoms with Gasteiger partial charge in [-0.15, -0.1) is 0 Å². The smallest absolute Gasteiger partial charge is 0.270 e. The van der Waals surface area contributed by atoms with Gasteiger partial charge in [0.25, 0.3) is 5.69 Å². The van der Waals surface area contributed by atoms with Crippen LogP contribution in [-0.4, -0.2) is 33.1 Å². The van der Waals surface area contributed by atoms with Crippen molar-refractivity contribution in [2.75, 3.05) is 7.11 Å². The van der Waals surface area contributed by atoms with Crippen LogP contribution in [0.3, 0.4) is 0 Å². The summed E-state index contributed by atoms with van der Waals surface area (Å²) < 4.78 is 5.09. The van der Waals surface area contributed by atoms with Gasteiger partial charge in [-0.2, -0.15) is 5.10 Å². The van der Waals surface area contributed by atoms with Gasteiger partial charge in [-0.1, -0.05) is 24.3 Å². The van der Waals surface area contributed by atoms with E-state index >= 15 is 0 Å². The molecule has 9 nitrogen and oxygen atoms in total. The Kier molecular flexibility index (Phi) is 5.41. The molecule has 0 spiro atoms. The van der Waals surface area contributed by atoms with Crippen LogP contribution in [0.1, 0.15) is 11.4 Å². The maximum atomic E-state index is 12.1. The molecule has 27 heavy (non-hydrogen) atoms. The molecule has 0 saturated carbocycles. The third-order valence-electron chi connectivity index (χ3n) is 3.82. The van der Waals surface area contributed by atoms with Crippen LogP contribution in [0.5, 0.6) is 5.75 Å². The summed E-state index contributed by atoms with van der Waals surface area (Å²) in [6, 6.07) is 13.4. The highest BCUT2D eigenvalue weighted by molar-refractivity contribution is 5.77. The maximum absolute atomic E-state index is 12.1. The summed E-state index contributed by atoms with van der Waals surface area (Å²) in [5.74, 6) is 1.22. The van der Waals surface area contributed by atoms with Crippen molar-refractivity contribution in [1.29, 1.82) is 0 Å². The maximum Gasteiger partial charge on any atom is 0.270 e. The third-order valence-corrected chi connectivity index (χ3v) is 3.82. The third kappa shape index (κ3) is 4.66. The number of nitro groups is 1. The number of hydrogen-bond acceptors (Lipinski definition) is 6. The molecule has 0 atom stereocenters. The average Bonchev–Trinajstić information content (AvgIpc) is 3.15. The van der Waals surface area contributed by atoms with E-state index in [2.05, 4.69) is 20.5 Å². The topological polar surface area (TPSA) is 123 Å². The fraction of sp³-hybridized carbons (Fsp3) is 0.167. The summed E-state index contributed by atoms with van der Waals surface area (Å²) in [4.78, 5) is 26.7. The molecule has 0 saturated heterocycles. The van der Waals surface area contributed by atoms with Gasteiger partial charge in [0.2, 0.25) is 5.91 Å². The minimum Gasteiger partial charge on any atom is -0.497 e. The molecule has 0 aliphatic heterocycles. The molecule has 1 heterocycles. The highest BCUT2D eigenvalue weighted by Gasteiger charge is 2.13. The van der Waals surface area contributed by atoms with Crippen molar-refractivity contribution < 1.29 is 14.5 Å². The van der Waals surface area contributed by atoms with E-state index in [1.807, 2.05) is 24.3 Å². The van der Waals surface area contributed by atoms with Gasteiger partial charge in [0.05, 0.1) is 18.5 Å². The molecule has 0 bridgehead atoms. The number of nitrogens with one attached hydrogen (secondary N) is 2. The summed E-state index contributed by atoms with van der Waals surface area (Å²) in [5.41, 5.74) is 1.40. The van der Waals surface area contributed by atoms with E-state index in [4.69, 9.17) is 4.74 Å². The van der Waals surface area contributed by atoms with E-state index in [9.17, 15) is 14.9 Å². The number of amides is 1. The van der Waals surface area contributed by atoms with Crippen molar-refractivity contribution in [2.45, 2.75) is 13.0 Å². The van der Waals surface area contributed by atoms with E-state index in [0.717, 1.165) is 11.3 Å². The number of aromatic nitrogens is 3. The molecule has 1 aromatic heterocycles. The van der Waals surface area contributed by atoms with E-state index < -0.39 is 4.92 Å². The number of non-ortho nitro benzene ring substituents is 1. The van der Waals surface area contributed by atoms with Gasteiger partial charge < -0.3 is 10.1 Å². The number of H-pyrrole nitrogens is 1. The van der Waals surface area contributed by atoms with Crippen LogP contribution in [0.25, 0.3) is 11.4 Å². The minimum atomic E-state index is -0.482. The lowest BCUT2D eigenvalue weighted by molar-refractivity contribution is -0.384. The molecule has 1 amide bonds. The van der Waals surface area contributed by atoms with Gasteiger partial charge in [-0.3, -0.25) is 20.0 Å². The fourth-order valence-electron chi connectivity index (χ4n) is 2.42. The van der Waals surface area contributed by atoms with Gasteiger partial charge in [0.15, 0.2) is 5.82 Å².